The van der Waals surface area contributed by atoms with Crippen molar-refractivity contribution in [1.82, 2.24) is 4.90 Å². The van der Waals surface area contributed by atoms with E-state index in [1.165, 1.54) is 5.56 Å². The molecule has 1 saturated carbocycles. The van der Waals surface area contributed by atoms with Gasteiger partial charge >= 0.3 is 0 Å². The van der Waals surface area contributed by atoms with Crippen LogP contribution in [-0.2, 0) is 11.0 Å². The van der Waals surface area contributed by atoms with E-state index in [0.717, 1.165) is 49.2 Å². The Balaban J connectivity index is 1.52. The zero-order chi connectivity index (χ0) is 23.8. The molecule has 177 valence electrons. The molecule has 1 N–H and O–H groups in total. The van der Waals surface area contributed by atoms with E-state index in [1.807, 2.05) is 35.2 Å². The second-order valence-electron chi connectivity index (χ2n) is 11.2. The highest BCUT2D eigenvalue weighted by Crippen LogP contribution is 2.48. The standard InChI is InChI=1S/C28H38NO3Si/c1-27(2,3)23-11-12-24(25(17-23)32-33(4)5)28(31)15-13-22-19-29(16-14-21(22)18-28)26(30)20-9-7-6-8-10-20/h6-12,17,21-22,31H,13-16,18-19H2,1-5H3/t21-,22+,28?/m0/s1. The van der Waals surface area contributed by atoms with Gasteiger partial charge in [-0.05, 0) is 79.8 Å². The largest absolute Gasteiger partial charge is 0.542 e. The van der Waals surface area contributed by atoms with Gasteiger partial charge < -0.3 is 14.4 Å². The molecule has 2 aromatic carbocycles. The minimum atomic E-state index is -0.956. The number of hydrogen-bond donors (Lipinski definition) is 1. The van der Waals surface area contributed by atoms with Gasteiger partial charge in [-0.3, -0.25) is 4.79 Å². The number of rotatable bonds is 4. The van der Waals surface area contributed by atoms with Crippen molar-refractivity contribution in [2.75, 3.05) is 13.1 Å². The topological polar surface area (TPSA) is 49.8 Å². The van der Waals surface area contributed by atoms with Gasteiger partial charge in [-0.25, -0.2) is 0 Å². The van der Waals surface area contributed by atoms with E-state index in [0.29, 0.717) is 18.3 Å². The van der Waals surface area contributed by atoms with E-state index in [2.05, 4.69) is 52.1 Å². The summed E-state index contributed by atoms with van der Waals surface area (Å²) in [6, 6.07) is 16.0. The van der Waals surface area contributed by atoms with Gasteiger partial charge in [0.15, 0.2) is 0 Å². The molecule has 3 atom stereocenters. The van der Waals surface area contributed by atoms with Crippen LogP contribution < -0.4 is 4.43 Å². The number of amides is 1. The van der Waals surface area contributed by atoms with Crippen molar-refractivity contribution in [3.63, 3.8) is 0 Å². The summed E-state index contributed by atoms with van der Waals surface area (Å²) in [5.41, 5.74) is 2.11. The smallest absolute Gasteiger partial charge is 0.274 e. The van der Waals surface area contributed by atoms with Crippen molar-refractivity contribution in [2.45, 2.75) is 70.6 Å². The van der Waals surface area contributed by atoms with Crippen LogP contribution in [0.4, 0.5) is 0 Å². The first kappa shape index (κ1) is 24.0. The highest BCUT2D eigenvalue weighted by molar-refractivity contribution is 6.49. The quantitative estimate of drug-likeness (QED) is 0.585. The summed E-state index contributed by atoms with van der Waals surface area (Å²) in [5.74, 6) is 1.86. The third kappa shape index (κ3) is 5.20. The van der Waals surface area contributed by atoms with Crippen LogP contribution in [0.3, 0.4) is 0 Å². The van der Waals surface area contributed by atoms with Gasteiger partial charge in [0.25, 0.3) is 14.9 Å². The third-order valence-electron chi connectivity index (χ3n) is 7.39. The summed E-state index contributed by atoms with van der Waals surface area (Å²) in [6.45, 7) is 12.4. The van der Waals surface area contributed by atoms with Gasteiger partial charge in [-0.2, -0.15) is 0 Å². The molecule has 1 aliphatic carbocycles. The van der Waals surface area contributed by atoms with E-state index in [-0.39, 0.29) is 11.3 Å². The molecule has 4 nitrogen and oxygen atoms in total. The Labute approximate surface area is 200 Å². The molecule has 2 aliphatic rings. The van der Waals surface area contributed by atoms with Crippen molar-refractivity contribution < 1.29 is 14.3 Å². The number of piperidine rings is 1. The van der Waals surface area contributed by atoms with Crippen LogP contribution in [0, 0.1) is 11.8 Å². The predicted molar refractivity (Wildman–Crippen MR) is 135 cm³/mol. The number of carbonyl (C=O) groups excluding carboxylic acids is 1. The molecule has 1 unspecified atom stereocenters. The van der Waals surface area contributed by atoms with E-state index in [9.17, 15) is 9.90 Å². The number of likely N-dealkylation sites (tertiary alicyclic amines) is 1. The van der Waals surface area contributed by atoms with Crippen LogP contribution >= 0.6 is 0 Å². The van der Waals surface area contributed by atoms with Crippen molar-refractivity contribution in [1.29, 1.82) is 0 Å². The normalized spacial score (nSPS) is 25.6. The van der Waals surface area contributed by atoms with Gasteiger partial charge in [0, 0.05) is 24.2 Å². The third-order valence-corrected chi connectivity index (χ3v) is 8.02. The van der Waals surface area contributed by atoms with Crippen molar-refractivity contribution in [3.8, 4) is 5.75 Å². The highest BCUT2D eigenvalue weighted by atomic mass is 28.3. The Morgan fingerprint density at radius 2 is 1.82 bits per heavy atom. The fourth-order valence-corrected chi connectivity index (χ4v) is 6.12. The van der Waals surface area contributed by atoms with Crippen molar-refractivity contribution in [3.05, 3.63) is 65.2 Å². The first-order valence-electron chi connectivity index (χ1n) is 12.3. The lowest BCUT2D eigenvalue weighted by Crippen LogP contribution is -2.48. The molecule has 1 aliphatic heterocycles. The number of carbonyl (C=O) groups is 1. The minimum Gasteiger partial charge on any atom is -0.542 e. The average molecular weight is 465 g/mol. The molecule has 33 heavy (non-hydrogen) atoms. The summed E-state index contributed by atoms with van der Waals surface area (Å²) in [6.07, 6.45) is 3.32. The Kier molecular flexibility index (Phi) is 6.74. The van der Waals surface area contributed by atoms with E-state index in [1.54, 1.807) is 0 Å². The molecule has 4 rings (SSSR count). The molecule has 1 radical (unpaired) electrons. The minimum absolute atomic E-state index is 0.0312. The van der Waals surface area contributed by atoms with E-state index < -0.39 is 14.6 Å². The summed E-state index contributed by atoms with van der Waals surface area (Å²) >= 11 is 0. The van der Waals surface area contributed by atoms with Crippen LogP contribution in [0.5, 0.6) is 5.75 Å². The lowest BCUT2D eigenvalue weighted by molar-refractivity contribution is -0.0582. The second-order valence-corrected chi connectivity index (χ2v) is 13.2. The van der Waals surface area contributed by atoms with Gasteiger partial charge in [0.05, 0.1) is 5.60 Å². The van der Waals surface area contributed by atoms with Crippen LogP contribution in [0.1, 0.15) is 67.9 Å². The van der Waals surface area contributed by atoms with Crippen LogP contribution in [-0.4, -0.2) is 38.0 Å². The number of benzene rings is 2. The summed E-state index contributed by atoms with van der Waals surface area (Å²) in [4.78, 5) is 15.0. The van der Waals surface area contributed by atoms with Crippen LogP contribution in [0.15, 0.2) is 48.5 Å². The molecule has 1 heterocycles. The van der Waals surface area contributed by atoms with E-state index >= 15 is 0 Å². The Bertz CT molecular complexity index is 984. The second kappa shape index (κ2) is 9.26. The van der Waals surface area contributed by atoms with Crippen molar-refractivity contribution in [2.24, 2.45) is 11.8 Å². The molecule has 0 bridgehead atoms. The molecule has 0 spiro atoms. The summed E-state index contributed by atoms with van der Waals surface area (Å²) < 4.78 is 6.32. The molecule has 2 fully saturated rings. The number of aliphatic hydroxyl groups is 1. The lowest BCUT2D eigenvalue weighted by atomic mass is 9.66. The Morgan fingerprint density at radius 3 is 2.48 bits per heavy atom. The maximum absolute atomic E-state index is 12.9. The SMILES string of the molecule is C[Si](C)Oc1cc(C(C)(C)C)ccc1C1(O)CC[C@@H]2CN(C(=O)c3ccccc3)CC[C@H]2C1. The average Bonchev–Trinajstić information content (AvgIpc) is 2.77. The van der Waals surface area contributed by atoms with Crippen molar-refractivity contribution >= 4 is 14.9 Å². The maximum Gasteiger partial charge on any atom is 0.274 e. The fourth-order valence-electron chi connectivity index (χ4n) is 5.51. The zero-order valence-electron chi connectivity index (χ0n) is 20.7. The molecular formula is C28H38NO3Si. The van der Waals surface area contributed by atoms with E-state index in [4.69, 9.17) is 4.43 Å². The lowest BCUT2D eigenvalue weighted by Gasteiger charge is -2.47. The molecule has 1 amide bonds. The fraction of sp³-hybridized carbons (Fsp3) is 0.536. The molecule has 1 saturated heterocycles. The van der Waals surface area contributed by atoms with Gasteiger partial charge in [-0.15, -0.1) is 0 Å². The molecule has 5 heteroatoms. The van der Waals surface area contributed by atoms with Crippen LogP contribution in [0.2, 0.25) is 13.1 Å². The van der Waals surface area contributed by atoms with Gasteiger partial charge in [-0.1, -0.05) is 51.1 Å². The monoisotopic (exact) mass is 464 g/mol. The van der Waals surface area contributed by atoms with Gasteiger partial charge in [0.1, 0.15) is 5.75 Å². The Hall–Kier alpha value is -2.11. The molecule has 2 aromatic rings. The number of nitrogens with zero attached hydrogens (tertiary/aromatic N) is 1. The molecule has 0 aromatic heterocycles. The first-order valence-corrected chi connectivity index (χ1v) is 14.7. The Morgan fingerprint density at radius 1 is 1.09 bits per heavy atom. The number of hydrogen-bond acceptors (Lipinski definition) is 3. The zero-order valence-corrected chi connectivity index (χ0v) is 21.7. The number of fused-ring (bicyclic) bond motifs is 1. The summed E-state index contributed by atoms with van der Waals surface area (Å²) in [7, 11) is -0.956. The first-order chi connectivity index (χ1) is 15.6. The van der Waals surface area contributed by atoms with Gasteiger partial charge in [0.2, 0.25) is 0 Å². The van der Waals surface area contributed by atoms with Crippen LogP contribution in [0.25, 0.3) is 0 Å². The highest BCUT2D eigenvalue weighted by Gasteiger charge is 2.44. The molecular weight excluding hydrogens is 426 g/mol. The predicted octanol–water partition coefficient (Wildman–Crippen LogP) is 5.76. The summed E-state index contributed by atoms with van der Waals surface area (Å²) in [5, 5.41) is 11.9. The maximum atomic E-state index is 12.9.